The fourth-order valence-corrected chi connectivity index (χ4v) is 1.08. The zero-order chi connectivity index (χ0) is 12.7. The van der Waals surface area contributed by atoms with Crippen molar-refractivity contribution in [3.63, 3.8) is 0 Å². The molecule has 0 unspecified atom stereocenters. The number of nitrogens with one attached hydrogen (secondary N) is 2. The first-order valence-corrected chi connectivity index (χ1v) is 5.00. The fourth-order valence-electron chi connectivity index (χ4n) is 1.08. The second kappa shape index (κ2) is 6.66. The van der Waals surface area contributed by atoms with Gasteiger partial charge < -0.3 is 25.3 Å². The van der Waals surface area contributed by atoms with Crippen molar-refractivity contribution in [1.29, 1.82) is 0 Å². The van der Waals surface area contributed by atoms with Gasteiger partial charge in [0.15, 0.2) is 5.76 Å². The first kappa shape index (κ1) is 13.2. The molecule has 7 heteroatoms. The van der Waals surface area contributed by atoms with Gasteiger partial charge in [0.1, 0.15) is 0 Å². The third kappa shape index (κ3) is 4.25. The SMILES string of the molecule is O=C(CNC(=O)c1ccco1)NC(CO)CO. The van der Waals surface area contributed by atoms with Gasteiger partial charge in [-0.3, -0.25) is 9.59 Å². The molecule has 0 saturated heterocycles. The maximum absolute atomic E-state index is 11.4. The van der Waals surface area contributed by atoms with Gasteiger partial charge in [-0.1, -0.05) is 0 Å². The lowest BCUT2D eigenvalue weighted by Gasteiger charge is -2.13. The average molecular weight is 242 g/mol. The van der Waals surface area contributed by atoms with Crippen LogP contribution in [-0.2, 0) is 4.79 Å². The lowest BCUT2D eigenvalue weighted by molar-refractivity contribution is -0.121. The minimum Gasteiger partial charge on any atom is -0.459 e. The van der Waals surface area contributed by atoms with Gasteiger partial charge in [-0.2, -0.15) is 0 Å². The second-order valence-electron chi connectivity index (χ2n) is 3.29. The van der Waals surface area contributed by atoms with Crippen LogP contribution in [0.1, 0.15) is 10.6 Å². The quantitative estimate of drug-likeness (QED) is 0.484. The Hall–Kier alpha value is -1.86. The van der Waals surface area contributed by atoms with E-state index in [9.17, 15) is 9.59 Å². The highest BCUT2D eigenvalue weighted by molar-refractivity contribution is 5.94. The Bertz CT molecular complexity index is 359. The largest absolute Gasteiger partial charge is 0.459 e. The van der Waals surface area contributed by atoms with Crippen molar-refractivity contribution in [3.8, 4) is 0 Å². The molecule has 7 nitrogen and oxygen atoms in total. The van der Waals surface area contributed by atoms with Crippen molar-refractivity contribution in [2.45, 2.75) is 6.04 Å². The number of hydrogen-bond donors (Lipinski definition) is 4. The molecular formula is C10H14N2O5. The molecule has 1 rings (SSSR count). The van der Waals surface area contributed by atoms with Crippen LogP contribution in [0.25, 0.3) is 0 Å². The van der Waals surface area contributed by atoms with Crippen molar-refractivity contribution < 1.29 is 24.2 Å². The predicted molar refractivity (Wildman–Crippen MR) is 57.1 cm³/mol. The van der Waals surface area contributed by atoms with Crippen LogP contribution in [0, 0.1) is 0 Å². The number of carbonyl (C=O) groups is 2. The molecule has 0 aliphatic heterocycles. The minimum atomic E-state index is -0.719. The van der Waals surface area contributed by atoms with E-state index in [2.05, 4.69) is 10.6 Å². The summed E-state index contributed by atoms with van der Waals surface area (Å²) in [6, 6.07) is 2.31. The van der Waals surface area contributed by atoms with Crippen LogP contribution in [0.3, 0.4) is 0 Å². The highest BCUT2D eigenvalue weighted by Gasteiger charge is 2.12. The number of carbonyl (C=O) groups excluding carboxylic acids is 2. The summed E-state index contributed by atoms with van der Waals surface area (Å²) in [6.45, 7) is -0.987. The summed E-state index contributed by atoms with van der Waals surface area (Å²) in [4.78, 5) is 22.6. The van der Waals surface area contributed by atoms with Crippen molar-refractivity contribution in [1.82, 2.24) is 10.6 Å². The maximum Gasteiger partial charge on any atom is 0.287 e. The smallest absolute Gasteiger partial charge is 0.287 e. The average Bonchev–Trinajstić information content (AvgIpc) is 2.86. The number of aliphatic hydroxyl groups excluding tert-OH is 2. The molecule has 0 saturated carbocycles. The van der Waals surface area contributed by atoms with E-state index in [4.69, 9.17) is 14.6 Å². The molecule has 0 bridgehead atoms. The summed E-state index contributed by atoms with van der Waals surface area (Å²) in [5.41, 5.74) is 0. The first-order valence-electron chi connectivity index (χ1n) is 5.00. The Kier molecular flexibility index (Phi) is 5.18. The molecule has 0 aromatic carbocycles. The van der Waals surface area contributed by atoms with Crippen LogP contribution in [0.5, 0.6) is 0 Å². The molecule has 94 valence electrons. The molecule has 17 heavy (non-hydrogen) atoms. The molecule has 0 atom stereocenters. The van der Waals surface area contributed by atoms with Gasteiger partial charge in [-0.25, -0.2) is 0 Å². The third-order valence-corrected chi connectivity index (χ3v) is 1.96. The standard InChI is InChI=1S/C10H14N2O5/c13-5-7(6-14)12-9(15)4-11-10(16)8-2-1-3-17-8/h1-3,7,13-14H,4-6H2,(H,11,16)(H,12,15). The highest BCUT2D eigenvalue weighted by Crippen LogP contribution is 1.98. The van der Waals surface area contributed by atoms with Crippen molar-refractivity contribution in [3.05, 3.63) is 24.2 Å². The summed E-state index contributed by atoms with van der Waals surface area (Å²) < 4.78 is 4.83. The lowest BCUT2D eigenvalue weighted by Crippen LogP contribution is -2.45. The van der Waals surface area contributed by atoms with Crippen molar-refractivity contribution in [2.75, 3.05) is 19.8 Å². The minimum absolute atomic E-state index is 0.110. The number of amides is 2. The van der Waals surface area contributed by atoms with E-state index in [0.717, 1.165) is 0 Å². The Morgan fingerprint density at radius 3 is 2.59 bits per heavy atom. The molecule has 0 aliphatic carbocycles. The van der Waals surface area contributed by atoms with E-state index >= 15 is 0 Å². The van der Waals surface area contributed by atoms with Gasteiger partial charge in [0.05, 0.1) is 32.1 Å². The number of aliphatic hydroxyl groups is 2. The van der Waals surface area contributed by atoms with Gasteiger partial charge in [-0.05, 0) is 12.1 Å². The maximum atomic E-state index is 11.4. The summed E-state index contributed by atoms with van der Waals surface area (Å²) in [5, 5.41) is 22.1. The molecule has 4 N–H and O–H groups in total. The Morgan fingerprint density at radius 1 is 1.35 bits per heavy atom. The number of hydrogen-bond acceptors (Lipinski definition) is 5. The van der Waals surface area contributed by atoms with E-state index in [1.165, 1.54) is 12.3 Å². The fraction of sp³-hybridized carbons (Fsp3) is 0.400. The van der Waals surface area contributed by atoms with Gasteiger partial charge >= 0.3 is 0 Å². The predicted octanol–water partition coefficient (Wildman–Crippen LogP) is -1.52. The van der Waals surface area contributed by atoms with Crippen LogP contribution >= 0.6 is 0 Å². The van der Waals surface area contributed by atoms with E-state index in [-0.39, 0.29) is 25.5 Å². The van der Waals surface area contributed by atoms with Crippen LogP contribution in [-0.4, -0.2) is 47.8 Å². The third-order valence-electron chi connectivity index (χ3n) is 1.96. The van der Waals surface area contributed by atoms with Gasteiger partial charge in [0.2, 0.25) is 5.91 Å². The highest BCUT2D eigenvalue weighted by atomic mass is 16.3. The van der Waals surface area contributed by atoms with E-state index < -0.39 is 17.9 Å². The van der Waals surface area contributed by atoms with Crippen molar-refractivity contribution >= 4 is 11.8 Å². The zero-order valence-corrected chi connectivity index (χ0v) is 9.05. The normalized spacial score (nSPS) is 10.3. The lowest BCUT2D eigenvalue weighted by atomic mass is 10.3. The first-order chi connectivity index (χ1) is 8.17. The summed E-state index contributed by atoms with van der Waals surface area (Å²) in [6.07, 6.45) is 1.35. The molecular weight excluding hydrogens is 228 g/mol. The van der Waals surface area contributed by atoms with Gasteiger partial charge in [0, 0.05) is 0 Å². The molecule has 2 amide bonds. The topological polar surface area (TPSA) is 112 Å². The molecule has 0 radical (unpaired) electrons. The summed E-state index contributed by atoms with van der Waals surface area (Å²) in [5.74, 6) is -0.897. The van der Waals surface area contributed by atoms with Gasteiger partial charge in [-0.15, -0.1) is 0 Å². The molecule has 1 heterocycles. The van der Waals surface area contributed by atoms with E-state index in [0.29, 0.717) is 0 Å². The monoisotopic (exact) mass is 242 g/mol. The summed E-state index contributed by atoms with van der Waals surface area (Å²) in [7, 11) is 0. The second-order valence-corrected chi connectivity index (χ2v) is 3.29. The summed E-state index contributed by atoms with van der Waals surface area (Å²) >= 11 is 0. The molecule has 1 aromatic heterocycles. The van der Waals surface area contributed by atoms with Crippen molar-refractivity contribution in [2.24, 2.45) is 0 Å². The Labute approximate surface area is 97.4 Å². The van der Waals surface area contributed by atoms with Crippen LogP contribution in [0.4, 0.5) is 0 Å². The number of furan rings is 1. The zero-order valence-electron chi connectivity index (χ0n) is 9.05. The van der Waals surface area contributed by atoms with Crippen LogP contribution < -0.4 is 10.6 Å². The van der Waals surface area contributed by atoms with E-state index in [1.54, 1.807) is 6.07 Å². The van der Waals surface area contributed by atoms with Crippen LogP contribution in [0.2, 0.25) is 0 Å². The molecule has 0 spiro atoms. The molecule has 0 aliphatic rings. The molecule has 1 aromatic rings. The Balaban J connectivity index is 2.31. The van der Waals surface area contributed by atoms with E-state index in [1.807, 2.05) is 0 Å². The van der Waals surface area contributed by atoms with Crippen LogP contribution in [0.15, 0.2) is 22.8 Å². The Morgan fingerprint density at radius 2 is 2.06 bits per heavy atom. The number of rotatable bonds is 6. The van der Waals surface area contributed by atoms with Gasteiger partial charge in [0.25, 0.3) is 5.91 Å². The molecule has 0 fully saturated rings.